The molecule has 1 aromatic rings. The van der Waals surface area contributed by atoms with Crippen molar-refractivity contribution in [2.75, 3.05) is 33.4 Å². The fraction of sp³-hybridized carbons (Fsp3) is 0.600. The van der Waals surface area contributed by atoms with E-state index in [2.05, 4.69) is 5.32 Å². The van der Waals surface area contributed by atoms with Gasteiger partial charge in [-0.05, 0) is 44.0 Å². The van der Waals surface area contributed by atoms with Gasteiger partial charge in [0.05, 0.1) is 11.5 Å². The van der Waals surface area contributed by atoms with Crippen LogP contribution < -0.4 is 5.32 Å². The summed E-state index contributed by atoms with van der Waals surface area (Å²) >= 11 is 0. The van der Waals surface area contributed by atoms with E-state index in [9.17, 15) is 8.42 Å². The van der Waals surface area contributed by atoms with Crippen LogP contribution in [0.5, 0.6) is 0 Å². The van der Waals surface area contributed by atoms with Crippen LogP contribution in [0, 0.1) is 6.92 Å². The van der Waals surface area contributed by atoms with Gasteiger partial charge in [0.2, 0.25) is 10.0 Å². The molecular weight excluding hydrogens is 288 g/mol. The lowest BCUT2D eigenvalue weighted by Crippen LogP contribution is -2.42. The SMILES string of the molecule is COCCN(CC1CCCN1)S(=O)(=O)c1cccc(C)c1. The lowest BCUT2D eigenvalue weighted by molar-refractivity contribution is 0.176. The lowest BCUT2D eigenvalue weighted by Gasteiger charge is -2.25. The number of aryl methyl sites for hydroxylation is 1. The highest BCUT2D eigenvalue weighted by molar-refractivity contribution is 7.89. The van der Waals surface area contributed by atoms with Gasteiger partial charge in [0.1, 0.15) is 0 Å². The molecule has 6 heteroatoms. The van der Waals surface area contributed by atoms with Gasteiger partial charge in [-0.3, -0.25) is 0 Å². The van der Waals surface area contributed by atoms with Crippen LogP contribution in [0.3, 0.4) is 0 Å². The van der Waals surface area contributed by atoms with Crippen molar-refractivity contribution in [3.63, 3.8) is 0 Å². The second kappa shape index (κ2) is 7.35. The van der Waals surface area contributed by atoms with Crippen molar-refractivity contribution < 1.29 is 13.2 Å². The van der Waals surface area contributed by atoms with Gasteiger partial charge in [0.25, 0.3) is 0 Å². The first-order valence-electron chi connectivity index (χ1n) is 7.33. The minimum Gasteiger partial charge on any atom is -0.383 e. The van der Waals surface area contributed by atoms with Gasteiger partial charge in [0.15, 0.2) is 0 Å². The quantitative estimate of drug-likeness (QED) is 0.826. The Morgan fingerprint density at radius 3 is 2.86 bits per heavy atom. The highest BCUT2D eigenvalue weighted by Crippen LogP contribution is 2.18. The summed E-state index contributed by atoms with van der Waals surface area (Å²) in [5.74, 6) is 0. The number of rotatable bonds is 7. The van der Waals surface area contributed by atoms with Gasteiger partial charge in [-0.15, -0.1) is 0 Å². The van der Waals surface area contributed by atoms with Crippen LogP contribution >= 0.6 is 0 Å². The van der Waals surface area contributed by atoms with Crippen LogP contribution in [0.15, 0.2) is 29.2 Å². The summed E-state index contributed by atoms with van der Waals surface area (Å²) in [6.45, 7) is 4.15. The van der Waals surface area contributed by atoms with Crippen molar-refractivity contribution in [3.8, 4) is 0 Å². The Morgan fingerprint density at radius 1 is 1.43 bits per heavy atom. The van der Waals surface area contributed by atoms with E-state index in [0.717, 1.165) is 24.9 Å². The zero-order chi connectivity index (χ0) is 15.3. The Kier molecular flexibility index (Phi) is 5.75. The Balaban J connectivity index is 2.20. The molecule has 1 N–H and O–H groups in total. The summed E-state index contributed by atoms with van der Waals surface area (Å²) in [6.07, 6.45) is 2.13. The van der Waals surface area contributed by atoms with E-state index in [1.54, 1.807) is 25.3 Å². The molecular formula is C15H24N2O3S. The number of nitrogens with one attached hydrogen (secondary N) is 1. The van der Waals surface area contributed by atoms with Gasteiger partial charge in [-0.1, -0.05) is 12.1 Å². The molecule has 0 aromatic heterocycles. The summed E-state index contributed by atoms with van der Waals surface area (Å²) in [5, 5.41) is 3.35. The predicted molar refractivity (Wildman–Crippen MR) is 82.8 cm³/mol. The average molecular weight is 312 g/mol. The summed E-state index contributed by atoms with van der Waals surface area (Å²) in [4.78, 5) is 0.358. The van der Waals surface area contributed by atoms with Crippen LogP contribution in [0.25, 0.3) is 0 Å². The number of hydrogen-bond acceptors (Lipinski definition) is 4. The summed E-state index contributed by atoms with van der Waals surface area (Å²) in [7, 11) is -1.88. The molecule has 1 aliphatic heterocycles. The largest absolute Gasteiger partial charge is 0.383 e. The van der Waals surface area contributed by atoms with Crippen LogP contribution in [-0.2, 0) is 14.8 Å². The van der Waals surface area contributed by atoms with Crippen LogP contribution in [0.2, 0.25) is 0 Å². The molecule has 1 saturated heterocycles. The van der Waals surface area contributed by atoms with Crippen molar-refractivity contribution in [2.24, 2.45) is 0 Å². The number of benzene rings is 1. The molecule has 1 aliphatic rings. The Morgan fingerprint density at radius 2 is 2.24 bits per heavy atom. The van der Waals surface area contributed by atoms with E-state index in [1.807, 2.05) is 13.0 Å². The van der Waals surface area contributed by atoms with Gasteiger partial charge >= 0.3 is 0 Å². The molecule has 0 radical (unpaired) electrons. The van der Waals surface area contributed by atoms with Gasteiger partial charge in [-0.25, -0.2) is 8.42 Å². The molecule has 0 saturated carbocycles. The predicted octanol–water partition coefficient (Wildman–Crippen LogP) is 1.38. The molecule has 0 bridgehead atoms. The second-order valence-electron chi connectivity index (χ2n) is 5.47. The molecule has 118 valence electrons. The summed E-state index contributed by atoms with van der Waals surface area (Å²) in [6, 6.07) is 7.30. The molecule has 2 rings (SSSR count). The number of methoxy groups -OCH3 is 1. The van der Waals surface area contributed by atoms with Gasteiger partial charge in [0, 0.05) is 26.2 Å². The Hall–Kier alpha value is -0.950. The van der Waals surface area contributed by atoms with E-state index in [4.69, 9.17) is 4.74 Å². The Bertz CT molecular complexity index is 554. The van der Waals surface area contributed by atoms with Crippen molar-refractivity contribution in [2.45, 2.75) is 30.7 Å². The number of nitrogens with zero attached hydrogens (tertiary/aromatic N) is 1. The highest BCUT2D eigenvalue weighted by Gasteiger charge is 2.28. The van der Waals surface area contributed by atoms with E-state index in [-0.39, 0.29) is 6.04 Å². The van der Waals surface area contributed by atoms with Crippen LogP contribution in [0.4, 0.5) is 0 Å². The Labute approximate surface area is 127 Å². The number of hydrogen-bond donors (Lipinski definition) is 1. The second-order valence-corrected chi connectivity index (χ2v) is 7.40. The van der Waals surface area contributed by atoms with Crippen LogP contribution in [-0.4, -0.2) is 52.1 Å². The number of ether oxygens (including phenoxy) is 1. The maximum Gasteiger partial charge on any atom is 0.243 e. The average Bonchev–Trinajstić information content (AvgIpc) is 2.96. The van der Waals surface area contributed by atoms with E-state index in [0.29, 0.717) is 24.6 Å². The minimum atomic E-state index is -3.47. The van der Waals surface area contributed by atoms with E-state index >= 15 is 0 Å². The van der Waals surface area contributed by atoms with Crippen molar-refractivity contribution in [1.29, 1.82) is 0 Å². The molecule has 0 amide bonds. The monoisotopic (exact) mass is 312 g/mol. The maximum atomic E-state index is 12.8. The van der Waals surface area contributed by atoms with Crippen molar-refractivity contribution >= 4 is 10.0 Å². The normalized spacial score (nSPS) is 19.3. The molecule has 1 heterocycles. The van der Waals surface area contributed by atoms with Gasteiger partial charge < -0.3 is 10.1 Å². The molecule has 0 aliphatic carbocycles. The zero-order valence-corrected chi connectivity index (χ0v) is 13.5. The van der Waals surface area contributed by atoms with Crippen LogP contribution in [0.1, 0.15) is 18.4 Å². The van der Waals surface area contributed by atoms with E-state index < -0.39 is 10.0 Å². The third-order valence-electron chi connectivity index (χ3n) is 3.76. The third-order valence-corrected chi connectivity index (χ3v) is 5.62. The van der Waals surface area contributed by atoms with Crippen molar-refractivity contribution in [1.82, 2.24) is 9.62 Å². The van der Waals surface area contributed by atoms with Gasteiger partial charge in [-0.2, -0.15) is 4.31 Å². The highest BCUT2D eigenvalue weighted by atomic mass is 32.2. The first-order chi connectivity index (χ1) is 10.0. The third kappa shape index (κ3) is 4.26. The molecule has 1 fully saturated rings. The summed E-state index contributed by atoms with van der Waals surface area (Å²) in [5.41, 5.74) is 0.946. The first kappa shape index (κ1) is 16.4. The molecule has 21 heavy (non-hydrogen) atoms. The maximum absolute atomic E-state index is 12.8. The first-order valence-corrected chi connectivity index (χ1v) is 8.77. The fourth-order valence-electron chi connectivity index (χ4n) is 2.59. The fourth-order valence-corrected chi connectivity index (χ4v) is 4.16. The van der Waals surface area contributed by atoms with Crippen molar-refractivity contribution in [3.05, 3.63) is 29.8 Å². The minimum absolute atomic E-state index is 0.237. The summed E-state index contributed by atoms with van der Waals surface area (Å²) < 4.78 is 32.2. The number of sulfonamides is 1. The molecule has 1 aromatic carbocycles. The zero-order valence-electron chi connectivity index (χ0n) is 12.7. The molecule has 1 atom stereocenters. The lowest BCUT2D eigenvalue weighted by atomic mass is 10.2. The standard InChI is InChI=1S/C15H24N2O3S/c1-13-5-3-7-15(11-13)21(18,19)17(9-10-20-2)12-14-6-4-8-16-14/h3,5,7,11,14,16H,4,6,8-10,12H2,1-2H3. The molecule has 5 nitrogen and oxygen atoms in total. The van der Waals surface area contributed by atoms with E-state index in [1.165, 1.54) is 4.31 Å². The topological polar surface area (TPSA) is 58.6 Å². The smallest absolute Gasteiger partial charge is 0.243 e. The molecule has 1 unspecified atom stereocenters. The molecule has 0 spiro atoms.